The van der Waals surface area contributed by atoms with Crippen LogP contribution in [0.15, 0.2) is 22.8 Å². The van der Waals surface area contributed by atoms with Crippen LogP contribution in [0.3, 0.4) is 0 Å². The zero-order valence-corrected chi connectivity index (χ0v) is 11.2. The lowest BCUT2D eigenvalue weighted by Crippen LogP contribution is -2.24. The molecule has 0 aromatic carbocycles. The molecule has 17 heavy (non-hydrogen) atoms. The number of nitrogens with one attached hydrogen (secondary N) is 1. The van der Waals surface area contributed by atoms with Gasteiger partial charge in [0.05, 0.1) is 12.5 Å². The van der Waals surface area contributed by atoms with E-state index in [0.29, 0.717) is 13.2 Å². The van der Waals surface area contributed by atoms with E-state index in [4.69, 9.17) is 4.74 Å². The Labute approximate surface area is 109 Å². The summed E-state index contributed by atoms with van der Waals surface area (Å²) >= 11 is 3.35. The largest absolute Gasteiger partial charge is 0.466 e. The molecule has 1 N–H and O–H groups in total. The van der Waals surface area contributed by atoms with Gasteiger partial charge in [0.2, 0.25) is 0 Å². The van der Waals surface area contributed by atoms with Gasteiger partial charge in [-0.2, -0.15) is 0 Å². The van der Waals surface area contributed by atoms with Crippen molar-refractivity contribution in [3.63, 3.8) is 0 Å². The van der Waals surface area contributed by atoms with Gasteiger partial charge >= 0.3 is 5.97 Å². The summed E-state index contributed by atoms with van der Waals surface area (Å²) in [4.78, 5) is 16.2. The SMILES string of the molecule is CCOC(=O)C1CNCC1c1ccc(Br)cn1. The number of hydrogen-bond acceptors (Lipinski definition) is 4. The number of hydrogen-bond donors (Lipinski definition) is 1. The molecule has 5 heteroatoms. The number of ether oxygens (including phenoxy) is 1. The highest BCUT2D eigenvalue weighted by atomic mass is 79.9. The van der Waals surface area contributed by atoms with Gasteiger partial charge < -0.3 is 10.1 Å². The average molecular weight is 299 g/mol. The summed E-state index contributed by atoms with van der Waals surface area (Å²) in [5.74, 6) is -0.141. The number of carbonyl (C=O) groups is 1. The number of carbonyl (C=O) groups excluding carboxylic acids is 1. The molecule has 0 amide bonds. The molecule has 0 bridgehead atoms. The van der Waals surface area contributed by atoms with Crippen LogP contribution >= 0.6 is 15.9 Å². The molecule has 1 fully saturated rings. The second-order valence-electron chi connectivity index (χ2n) is 4.02. The van der Waals surface area contributed by atoms with E-state index in [1.54, 1.807) is 6.20 Å². The maximum atomic E-state index is 11.8. The molecule has 1 aliphatic heterocycles. The zero-order chi connectivity index (χ0) is 12.3. The number of pyridine rings is 1. The van der Waals surface area contributed by atoms with E-state index in [0.717, 1.165) is 16.7 Å². The Balaban J connectivity index is 2.14. The molecule has 1 aliphatic rings. The van der Waals surface area contributed by atoms with E-state index in [-0.39, 0.29) is 17.8 Å². The van der Waals surface area contributed by atoms with Crippen molar-refractivity contribution < 1.29 is 9.53 Å². The van der Waals surface area contributed by atoms with Crippen LogP contribution in [0.1, 0.15) is 18.5 Å². The maximum absolute atomic E-state index is 11.8. The third kappa shape index (κ3) is 2.84. The maximum Gasteiger partial charge on any atom is 0.310 e. The van der Waals surface area contributed by atoms with Crippen molar-refractivity contribution in [1.82, 2.24) is 10.3 Å². The number of aromatic nitrogens is 1. The molecule has 1 aromatic rings. The van der Waals surface area contributed by atoms with E-state index in [1.165, 1.54) is 0 Å². The van der Waals surface area contributed by atoms with Gasteiger partial charge in [0, 0.05) is 35.4 Å². The lowest BCUT2D eigenvalue weighted by atomic mass is 9.92. The van der Waals surface area contributed by atoms with Crippen molar-refractivity contribution in [3.8, 4) is 0 Å². The minimum Gasteiger partial charge on any atom is -0.466 e. The summed E-state index contributed by atoms with van der Waals surface area (Å²) in [6, 6.07) is 3.90. The van der Waals surface area contributed by atoms with Gasteiger partial charge in [-0.25, -0.2) is 0 Å². The number of rotatable bonds is 3. The number of nitrogens with zero attached hydrogens (tertiary/aromatic N) is 1. The molecule has 0 saturated carbocycles. The van der Waals surface area contributed by atoms with Crippen LogP contribution in [-0.2, 0) is 9.53 Å². The van der Waals surface area contributed by atoms with Crippen LogP contribution in [0.2, 0.25) is 0 Å². The third-order valence-corrected chi connectivity index (χ3v) is 3.40. The second-order valence-corrected chi connectivity index (χ2v) is 4.94. The molecule has 4 nitrogen and oxygen atoms in total. The van der Waals surface area contributed by atoms with Crippen molar-refractivity contribution in [2.75, 3.05) is 19.7 Å². The molecular weight excluding hydrogens is 284 g/mol. The van der Waals surface area contributed by atoms with Crippen LogP contribution < -0.4 is 5.32 Å². The molecule has 1 aromatic heterocycles. The highest BCUT2D eigenvalue weighted by molar-refractivity contribution is 9.10. The average Bonchev–Trinajstić information content (AvgIpc) is 2.79. The molecule has 0 spiro atoms. The van der Waals surface area contributed by atoms with Crippen molar-refractivity contribution in [2.45, 2.75) is 12.8 Å². The summed E-state index contributed by atoms with van der Waals surface area (Å²) in [7, 11) is 0. The standard InChI is InChI=1S/C12H15BrN2O2/c1-2-17-12(16)10-7-14-6-9(10)11-4-3-8(13)5-15-11/h3-5,9-10,14H,2,6-7H2,1H3. The molecule has 0 aliphatic carbocycles. The Morgan fingerprint density at radius 3 is 3.06 bits per heavy atom. The first-order valence-electron chi connectivity index (χ1n) is 5.71. The first-order chi connectivity index (χ1) is 8.22. The minimum atomic E-state index is -0.132. The summed E-state index contributed by atoms with van der Waals surface area (Å²) in [6.45, 7) is 3.70. The molecule has 2 atom stereocenters. The predicted molar refractivity (Wildman–Crippen MR) is 67.7 cm³/mol. The molecule has 1 saturated heterocycles. The molecule has 0 radical (unpaired) electrons. The van der Waals surface area contributed by atoms with E-state index in [2.05, 4.69) is 26.2 Å². The molecule has 2 heterocycles. The van der Waals surface area contributed by atoms with Gasteiger partial charge in [-0.1, -0.05) is 0 Å². The quantitative estimate of drug-likeness (QED) is 0.863. The first-order valence-corrected chi connectivity index (χ1v) is 6.50. The number of halogens is 1. The Kier molecular flexibility index (Phi) is 4.12. The predicted octanol–water partition coefficient (Wildman–Crippen LogP) is 1.71. The van der Waals surface area contributed by atoms with Gasteiger partial charge in [-0.15, -0.1) is 0 Å². The fourth-order valence-corrected chi connectivity index (χ4v) is 2.33. The topological polar surface area (TPSA) is 51.2 Å². The zero-order valence-electron chi connectivity index (χ0n) is 9.65. The van der Waals surface area contributed by atoms with Crippen LogP contribution in [0.25, 0.3) is 0 Å². The van der Waals surface area contributed by atoms with Gasteiger partial charge in [0.15, 0.2) is 0 Å². The monoisotopic (exact) mass is 298 g/mol. The molecule has 2 unspecified atom stereocenters. The second kappa shape index (κ2) is 5.60. The van der Waals surface area contributed by atoms with Gasteiger partial charge in [-0.05, 0) is 35.0 Å². The highest BCUT2D eigenvalue weighted by Crippen LogP contribution is 2.28. The summed E-state index contributed by atoms with van der Waals surface area (Å²) in [5, 5.41) is 3.22. The molecular formula is C12H15BrN2O2. The van der Waals surface area contributed by atoms with Crippen LogP contribution in [0, 0.1) is 5.92 Å². The van der Waals surface area contributed by atoms with Crippen LogP contribution in [0.4, 0.5) is 0 Å². The van der Waals surface area contributed by atoms with Gasteiger partial charge in [0.1, 0.15) is 0 Å². The van der Waals surface area contributed by atoms with E-state index in [1.807, 2.05) is 19.1 Å². The Hall–Kier alpha value is -0.940. The van der Waals surface area contributed by atoms with Crippen molar-refractivity contribution in [1.29, 1.82) is 0 Å². The molecule has 92 valence electrons. The number of esters is 1. The smallest absolute Gasteiger partial charge is 0.310 e. The summed E-state index contributed by atoms with van der Waals surface area (Å²) < 4.78 is 6.03. The third-order valence-electron chi connectivity index (χ3n) is 2.93. The van der Waals surface area contributed by atoms with E-state index in [9.17, 15) is 4.79 Å². The van der Waals surface area contributed by atoms with Crippen LogP contribution in [-0.4, -0.2) is 30.6 Å². The fourth-order valence-electron chi connectivity index (χ4n) is 2.09. The van der Waals surface area contributed by atoms with Crippen molar-refractivity contribution in [2.24, 2.45) is 5.92 Å². The summed E-state index contributed by atoms with van der Waals surface area (Å²) in [5.41, 5.74) is 0.941. The van der Waals surface area contributed by atoms with E-state index < -0.39 is 0 Å². The van der Waals surface area contributed by atoms with Gasteiger partial charge in [-0.3, -0.25) is 9.78 Å². The van der Waals surface area contributed by atoms with E-state index >= 15 is 0 Å². The van der Waals surface area contributed by atoms with Crippen molar-refractivity contribution in [3.05, 3.63) is 28.5 Å². The lowest BCUT2D eigenvalue weighted by molar-refractivity contribution is -0.147. The first kappa shape index (κ1) is 12.5. The van der Waals surface area contributed by atoms with Crippen molar-refractivity contribution >= 4 is 21.9 Å². The Morgan fingerprint density at radius 1 is 1.59 bits per heavy atom. The lowest BCUT2D eigenvalue weighted by Gasteiger charge is -2.16. The Morgan fingerprint density at radius 2 is 2.41 bits per heavy atom. The fraction of sp³-hybridized carbons (Fsp3) is 0.500. The van der Waals surface area contributed by atoms with Gasteiger partial charge in [0.25, 0.3) is 0 Å². The normalized spacial score (nSPS) is 23.6. The Bertz CT molecular complexity index is 394. The summed E-state index contributed by atoms with van der Waals surface area (Å²) in [6.07, 6.45) is 1.76. The minimum absolute atomic E-state index is 0.113. The highest BCUT2D eigenvalue weighted by Gasteiger charge is 2.35. The molecule has 2 rings (SSSR count). The van der Waals surface area contributed by atoms with Crippen LogP contribution in [0.5, 0.6) is 0 Å².